The molecule has 0 unspecified atom stereocenters. The summed E-state index contributed by atoms with van der Waals surface area (Å²) >= 11 is 0. The van der Waals surface area contributed by atoms with Crippen LogP contribution in [0.5, 0.6) is 5.75 Å². The molecule has 0 radical (unpaired) electrons. The van der Waals surface area contributed by atoms with Crippen molar-refractivity contribution >= 4 is 16.8 Å². The van der Waals surface area contributed by atoms with E-state index in [4.69, 9.17) is 19.2 Å². The molecule has 1 N–H and O–H groups in total. The molecule has 6 nitrogen and oxygen atoms in total. The Bertz CT molecular complexity index is 914. The van der Waals surface area contributed by atoms with Gasteiger partial charge in [-0.25, -0.2) is 4.98 Å². The summed E-state index contributed by atoms with van der Waals surface area (Å²) in [4.78, 5) is 9.73. The highest BCUT2D eigenvalue weighted by molar-refractivity contribution is 5.90. The minimum Gasteiger partial charge on any atom is -0.488 e. The third-order valence-corrected chi connectivity index (χ3v) is 5.28. The first kappa shape index (κ1) is 18.8. The van der Waals surface area contributed by atoms with Gasteiger partial charge in [0.25, 0.3) is 0 Å². The van der Waals surface area contributed by atoms with Gasteiger partial charge in [0.1, 0.15) is 11.9 Å². The summed E-state index contributed by atoms with van der Waals surface area (Å²) < 4.78 is 11.4. The number of aliphatic hydroxyl groups is 1. The Balaban J connectivity index is 1.63. The van der Waals surface area contributed by atoms with Gasteiger partial charge in [0.05, 0.1) is 18.6 Å². The van der Waals surface area contributed by atoms with Crippen LogP contribution < -0.4 is 9.64 Å². The zero-order chi connectivity index (χ0) is 19.5. The van der Waals surface area contributed by atoms with Gasteiger partial charge in [0, 0.05) is 37.1 Å². The molecule has 6 heteroatoms. The predicted molar refractivity (Wildman–Crippen MR) is 111 cm³/mol. The van der Waals surface area contributed by atoms with E-state index in [1.165, 1.54) is 0 Å². The molecule has 0 bridgehead atoms. The van der Waals surface area contributed by atoms with Gasteiger partial charge in [0.2, 0.25) is 0 Å². The van der Waals surface area contributed by atoms with E-state index in [1.807, 2.05) is 37.3 Å². The predicted octanol–water partition coefficient (Wildman–Crippen LogP) is 3.40. The number of hydrogen-bond acceptors (Lipinski definition) is 6. The van der Waals surface area contributed by atoms with Crippen LogP contribution in [0.4, 0.5) is 5.82 Å². The molecule has 3 aromatic rings. The zero-order valence-electron chi connectivity index (χ0n) is 16.5. The fourth-order valence-electron chi connectivity index (χ4n) is 3.57. The molecular formula is C22H27N3O3. The van der Waals surface area contributed by atoms with Gasteiger partial charge in [-0.05, 0) is 49.9 Å². The van der Waals surface area contributed by atoms with Crippen molar-refractivity contribution in [3.8, 4) is 17.0 Å². The standard InChI is InChI=1S/C22H27N3O3/c1-3-24-9-11-25(12-10-24)22-21-18(8-13-27-21)14-20(23-22)17-4-6-19(7-5-17)28-16(2)15-26/h4-8,13-14,16,26H,3,9-12,15H2,1-2H3/t16-/m1/s1. The van der Waals surface area contributed by atoms with Crippen LogP contribution in [0.3, 0.4) is 0 Å². The summed E-state index contributed by atoms with van der Waals surface area (Å²) in [7, 11) is 0. The fraction of sp³-hybridized carbons (Fsp3) is 0.409. The second kappa shape index (κ2) is 8.20. The number of pyridine rings is 1. The van der Waals surface area contributed by atoms with Gasteiger partial charge < -0.3 is 24.1 Å². The topological polar surface area (TPSA) is 62.0 Å². The molecule has 28 heavy (non-hydrogen) atoms. The van der Waals surface area contributed by atoms with Crippen LogP contribution in [-0.2, 0) is 0 Å². The number of aromatic nitrogens is 1. The summed E-state index contributed by atoms with van der Waals surface area (Å²) in [5.41, 5.74) is 2.80. The second-order valence-electron chi connectivity index (χ2n) is 7.23. The molecule has 1 fully saturated rings. The van der Waals surface area contributed by atoms with Crippen LogP contribution in [-0.4, -0.2) is 60.4 Å². The SMILES string of the molecule is CCN1CCN(c2nc(-c3ccc(O[C@H](C)CO)cc3)cc3ccoc23)CC1. The average Bonchev–Trinajstić information content (AvgIpc) is 3.22. The molecule has 1 saturated heterocycles. The third kappa shape index (κ3) is 3.84. The molecule has 1 aromatic carbocycles. The molecule has 0 spiro atoms. The number of aliphatic hydroxyl groups excluding tert-OH is 1. The van der Waals surface area contributed by atoms with Gasteiger partial charge in [-0.3, -0.25) is 0 Å². The number of anilines is 1. The monoisotopic (exact) mass is 381 g/mol. The summed E-state index contributed by atoms with van der Waals surface area (Å²) in [6.45, 7) is 9.11. The maximum absolute atomic E-state index is 9.14. The number of hydrogen-bond donors (Lipinski definition) is 1. The number of piperazine rings is 1. The van der Waals surface area contributed by atoms with Crippen LogP contribution in [0.15, 0.2) is 47.1 Å². The van der Waals surface area contributed by atoms with Gasteiger partial charge in [-0.2, -0.15) is 0 Å². The number of furan rings is 1. The third-order valence-electron chi connectivity index (χ3n) is 5.28. The highest BCUT2D eigenvalue weighted by Crippen LogP contribution is 2.32. The van der Waals surface area contributed by atoms with Gasteiger partial charge in [-0.1, -0.05) is 6.92 Å². The van der Waals surface area contributed by atoms with E-state index in [0.29, 0.717) is 0 Å². The first-order valence-corrected chi connectivity index (χ1v) is 9.91. The lowest BCUT2D eigenvalue weighted by Gasteiger charge is -2.34. The number of rotatable bonds is 6. The highest BCUT2D eigenvalue weighted by Gasteiger charge is 2.21. The maximum Gasteiger partial charge on any atom is 0.176 e. The first-order valence-electron chi connectivity index (χ1n) is 9.91. The number of ether oxygens (including phenoxy) is 1. The van der Waals surface area contributed by atoms with E-state index in [-0.39, 0.29) is 12.7 Å². The Morgan fingerprint density at radius 2 is 1.89 bits per heavy atom. The van der Waals surface area contributed by atoms with Crippen LogP contribution in [0, 0.1) is 0 Å². The van der Waals surface area contributed by atoms with Crippen molar-refractivity contribution in [1.29, 1.82) is 0 Å². The van der Waals surface area contributed by atoms with Crippen molar-refractivity contribution in [3.05, 3.63) is 42.7 Å². The van der Waals surface area contributed by atoms with E-state index in [2.05, 4.69) is 22.8 Å². The smallest absolute Gasteiger partial charge is 0.176 e. The summed E-state index contributed by atoms with van der Waals surface area (Å²) in [5, 5.41) is 10.2. The Hall–Kier alpha value is -2.57. The van der Waals surface area contributed by atoms with Crippen molar-refractivity contribution in [1.82, 2.24) is 9.88 Å². The van der Waals surface area contributed by atoms with Gasteiger partial charge in [-0.15, -0.1) is 0 Å². The minimum atomic E-state index is -0.223. The van der Waals surface area contributed by atoms with E-state index in [0.717, 1.165) is 66.5 Å². The Kier molecular flexibility index (Phi) is 5.50. The zero-order valence-corrected chi connectivity index (χ0v) is 16.5. The fourth-order valence-corrected chi connectivity index (χ4v) is 3.57. The molecule has 2 aromatic heterocycles. The largest absolute Gasteiger partial charge is 0.488 e. The number of nitrogens with zero attached hydrogens (tertiary/aromatic N) is 3. The molecule has 1 aliphatic heterocycles. The van der Waals surface area contributed by atoms with Crippen LogP contribution in [0.2, 0.25) is 0 Å². The van der Waals surface area contributed by atoms with E-state index >= 15 is 0 Å². The molecule has 0 saturated carbocycles. The number of benzene rings is 1. The van der Waals surface area contributed by atoms with Crippen molar-refractivity contribution in [2.24, 2.45) is 0 Å². The van der Waals surface area contributed by atoms with E-state index in [9.17, 15) is 0 Å². The molecule has 4 rings (SSSR count). The average molecular weight is 381 g/mol. The lowest BCUT2D eigenvalue weighted by Crippen LogP contribution is -2.46. The van der Waals surface area contributed by atoms with Crippen molar-refractivity contribution in [3.63, 3.8) is 0 Å². The number of likely N-dealkylation sites (N-methyl/N-ethyl adjacent to an activating group) is 1. The van der Waals surface area contributed by atoms with Crippen LogP contribution >= 0.6 is 0 Å². The first-order chi connectivity index (χ1) is 13.7. The molecule has 0 amide bonds. The highest BCUT2D eigenvalue weighted by atomic mass is 16.5. The van der Waals surface area contributed by atoms with Crippen molar-refractivity contribution in [2.45, 2.75) is 20.0 Å². The molecule has 148 valence electrons. The maximum atomic E-state index is 9.14. The van der Waals surface area contributed by atoms with Crippen LogP contribution in [0.25, 0.3) is 22.2 Å². The van der Waals surface area contributed by atoms with E-state index < -0.39 is 0 Å². The van der Waals surface area contributed by atoms with E-state index in [1.54, 1.807) is 6.26 Å². The lowest BCUT2D eigenvalue weighted by molar-refractivity contribution is 0.130. The summed E-state index contributed by atoms with van der Waals surface area (Å²) in [6.07, 6.45) is 1.51. The molecule has 3 heterocycles. The van der Waals surface area contributed by atoms with Crippen molar-refractivity contribution < 1.29 is 14.3 Å². The van der Waals surface area contributed by atoms with Crippen LogP contribution in [0.1, 0.15) is 13.8 Å². The minimum absolute atomic E-state index is 0.00484. The second-order valence-corrected chi connectivity index (χ2v) is 7.23. The summed E-state index contributed by atoms with van der Waals surface area (Å²) in [6, 6.07) is 11.9. The number of fused-ring (bicyclic) bond motifs is 1. The Labute approximate surface area is 165 Å². The molecule has 1 atom stereocenters. The quantitative estimate of drug-likeness (QED) is 0.706. The molecular weight excluding hydrogens is 354 g/mol. The van der Waals surface area contributed by atoms with Gasteiger partial charge >= 0.3 is 0 Å². The molecule has 1 aliphatic rings. The molecule has 0 aliphatic carbocycles. The Morgan fingerprint density at radius 1 is 1.14 bits per heavy atom. The lowest BCUT2D eigenvalue weighted by atomic mass is 10.1. The normalized spacial score (nSPS) is 16.5. The summed E-state index contributed by atoms with van der Waals surface area (Å²) in [5.74, 6) is 1.66. The Morgan fingerprint density at radius 3 is 2.57 bits per heavy atom. The van der Waals surface area contributed by atoms with Gasteiger partial charge in [0.15, 0.2) is 11.4 Å². The van der Waals surface area contributed by atoms with Crippen molar-refractivity contribution in [2.75, 3.05) is 44.2 Å².